The molecule has 3 N–H and O–H groups in total. The molecule has 2 aromatic heterocycles. The molecule has 8 heteroatoms. The number of rotatable bonds is 7. The maximum atomic E-state index is 13.4. The van der Waals surface area contributed by atoms with Crippen molar-refractivity contribution >= 4 is 17.5 Å². The predicted molar refractivity (Wildman–Crippen MR) is 125 cm³/mol. The number of benzene rings is 1. The SMILES string of the molecule is COc1ccc(C(=O)N2CCC[C@](C(N)=O)(c3ccccn3)C2)cc1NCc1cccnc1. The fraction of sp³-hybridized carbons (Fsp3) is 0.280. The minimum absolute atomic E-state index is 0.164. The Morgan fingerprint density at radius 3 is 2.76 bits per heavy atom. The van der Waals surface area contributed by atoms with Gasteiger partial charge < -0.3 is 20.7 Å². The number of primary amides is 1. The highest BCUT2D eigenvalue weighted by Crippen LogP contribution is 2.34. The first kappa shape index (κ1) is 22.3. The van der Waals surface area contributed by atoms with Crippen LogP contribution in [0.4, 0.5) is 5.69 Å². The summed E-state index contributed by atoms with van der Waals surface area (Å²) in [6.07, 6.45) is 6.37. The standard InChI is InChI=1S/C25H27N5O3/c1-33-21-9-8-19(14-20(21)29-16-18-6-4-11-27-15-18)23(31)30-13-5-10-25(17-30,24(26)32)22-7-2-3-12-28-22/h2-4,6-9,11-12,14-15,29H,5,10,13,16-17H2,1H3,(H2,26,32)/t25-/m1/s1. The quantitative estimate of drug-likeness (QED) is 0.579. The molecule has 2 amide bonds. The average molecular weight is 446 g/mol. The second-order valence-corrected chi connectivity index (χ2v) is 8.12. The zero-order valence-corrected chi connectivity index (χ0v) is 18.5. The van der Waals surface area contributed by atoms with E-state index in [-0.39, 0.29) is 12.5 Å². The van der Waals surface area contributed by atoms with Gasteiger partial charge in [0.1, 0.15) is 11.2 Å². The van der Waals surface area contributed by atoms with Crippen molar-refractivity contribution in [2.45, 2.75) is 24.8 Å². The number of amides is 2. The highest BCUT2D eigenvalue weighted by molar-refractivity contribution is 5.97. The van der Waals surface area contributed by atoms with Crippen molar-refractivity contribution < 1.29 is 14.3 Å². The largest absolute Gasteiger partial charge is 0.495 e. The summed E-state index contributed by atoms with van der Waals surface area (Å²) in [5, 5.41) is 3.32. The molecule has 1 aromatic carbocycles. The Morgan fingerprint density at radius 2 is 2.06 bits per heavy atom. The van der Waals surface area contributed by atoms with E-state index in [4.69, 9.17) is 10.5 Å². The fourth-order valence-electron chi connectivity index (χ4n) is 4.27. The third kappa shape index (κ3) is 4.64. The van der Waals surface area contributed by atoms with Gasteiger partial charge in [0.2, 0.25) is 5.91 Å². The van der Waals surface area contributed by atoms with Gasteiger partial charge in [0.15, 0.2) is 0 Å². The van der Waals surface area contributed by atoms with E-state index < -0.39 is 11.3 Å². The van der Waals surface area contributed by atoms with Gasteiger partial charge in [0.25, 0.3) is 5.91 Å². The Kier molecular flexibility index (Phi) is 6.53. The van der Waals surface area contributed by atoms with Crippen LogP contribution in [0.1, 0.15) is 34.5 Å². The second kappa shape index (κ2) is 9.68. The van der Waals surface area contributed by atoms with E-state index in [9.17, 15) is 9.59 Å². The molecule has 3 aromatic rings. The zero-order chi connectivity index (χ0) is 23.3. The lowest BCUT2D eigenvalue weighted by Gasteiger charge is -2.40. The van der Waals surface area contributed by atoms with Crippen molar-refractivity contribution in [1.82, 2.24) is 14.9 Å². The molecule has 0 bridgehead atoms. The number of nitrogens with one attached hydrogen (secondary N) is 1. The molecular weight excluding hydrogens is 418 g/mol. The van der Waals surface area contributed by atoms with Crippen LogP contribution >= 0.6 is 0 Å². The summed E-state index contributed by atoms with van der Waals surface area (Å²) in [6, 6.07) is 14.5. The number of piperidine rings is 1. The van der Waals surface area contributed by atoms with Gasteiger partial charge >= 0.3 is 0 Å². The zero-order valence-electron chi connectivity index (χ0n) is 18.5. The minimum Gasteiger partial charge on any atom is -0.495 e. The second-order valence-electron chi connectivity index (χ2n) is 8.12. The molecule has 1 saturated heterocycles. The third-order valence-corrected chi connectivity index (χ3v) is 6.06. The van der Waals surface area contributed by atoms with Crippen molar-refractivity contribution in [3.05, 3.63) is 83.9 Å². The monoisotopic (exact) mass is 445 g/mol. The Labute approximate surface area is 192 Å². The van der Waals surface area contributed by atoms with E-state index in [1.807, 2.05) is 18.2 Å². The molecule has 8 nitrogen and oxygen atoms in total. The Bertz CT molecular complexity index is 1120. The van der Waals surface area contributed by atoms with Crippen molar-refractivity contribution in [2.75, 3.05) is 25.5 Å². The minimum atomic E-state index is -0.997. The van der Waals surface area contributed by atoms with Crippen LogP contribution in [0.25, 0.3) is 0 Å². The lowest BCUT2D eigenvalue weighted by molar-refractivity contribution is -0.125. The van der Waals surface area contributed by atoms with E-state index in [1.165, 1.54) is 0 Å². The Balaban J connectivity index is 1.57. The molecule has 4 rings (SSSR count). The van der Waals surface area contributed by atoms with E-state index in [1.54, 1.807) is 60.9 Å². The van der Waals surface area contributed by atoms with Gasteiger partial charge in [-0.15, -0.1) is 0 Å². The van der Waals surface area contributed by atoms with Crippen LogP contribution in [-0.2, 0) is 16.8 Å². The van der Waals surface area contributed by atoms with Crippen LogP contribution in [0.5, 0.6) is 5.75 Å². The fourth-order valence-corrected chi connectivity index (χ4v) is 4.27. The highest BCUT2D eigenvalue weighted by atomic mass is 16.5. The Hall–Kier alpha value is -3.94. The number of ether oxygens (including phenoxy) is 1. The summed E-state index contributed by atoms with van der Waals surface area (Å²) in [6.45, 7) is 1.28. The van der Waals surface area contributed by atoms with Gasteiger partial charge in [-0.05, 0) is 54.8 Å². The van der Waals surface area contributed by atoms with Gasteiger partial charge in [0.05, 0.1) is 18.5 Å². The number of anilines is 1. The van der Waals surface area contributed by atoms with Gasteiger partial charge in [-0.3, -0.25) is 19.6 Å². The number of pyridine rings is 2. The maximum absolute atomic E-state index is 13.4. The normalized spacial score (nSPS) is 17.9. The summed E-state index contributed by atoms with van der Waals surface area (Å²) < 4.78 is 5.46. The van der Waals surface area contributed by atoms with Crippen LogP contribution < -0.4 is 15.8 Å². The molecule has 3 heterocycles. The number of hydrogen-bond donors (Lipinski definition) is 2. The van der Waals surface area contributed by atoms with Crippen LogP contribution in [0.2, 0.25) is 0 Å². The third-order valence-electron chi connectivity index (χ3n) is 6.06. The van der Waals surface area contributed by atoms with E-state index in [0.717, 1.165) is 5.56 Å². The number of aromatic nitrogens is 2. The lowest BCUT2D eigenvalue weighted by Crippen LogP contribution is -2.55. The first-order valence-corrected chi connectivity index (χ1v) is 10.8. The van der Waals surface area contributed by atoms with Crippen LogP contribution in [0.15, 0.2) is 67.1 Å². The number of carbonyl (C=O) groups is 2. The van der Waals surface area contributed by atoms with Crippen molar-refractivity contribution in [3.63, 3.8) is 0 Å². The first-order chi connectivity index (χ1) is 16.0. The number of likely N-dealkylation sites (tertiary alicyclic amines) is 1. The van der Waals surface area contributed by atoms with Crippen molar-refractivity contribution in [2.24, 2.45) is 5.73 Å². The van der Waals surface area contributed by atoms with Crippen molar-refractivity contribution in [3.8, 4) is 5.75 Å². The molecular formula is C25H27N5O3. The van der Waals surface area contributed by atoms with Crippen LogP contribution in [0, 0.1) is 0 Å². The van der Waals surface area contributed by atoms with E-state index in [0.29, 0.717) is 48.6 Å². The molecule has 0 spiro atoms. The molecule has 0 aliphatic carbocycles. The summed E-state index contributed by atoms with van der Waals surface area (Å²) in [5.41, 5.74) is 7.66. The van der Waals surface area contributed by atoms with Crippen LogP contribution in [-0.4, -0.2) is 46.9 Å². The van der Waals surface area contributed by atoms with Gasteiger partial charge in [0, 0.05) is 43.8 Å². The van der Waals surface area contributed by atoms with Gasteiger partial charge in [-0.25, -0.2) is 0 Å². The Morgan fingerprint density at radius 1 is 1.18 bits per heavy atom. The predicted octanol–water partition coefficient (Wildman–Crippen LogP) is 2.76. The van der Waals surface area contributed by atoms with Crippen molar-refractivity contribution in [1.29, 1.82) is 0 Å². The number of hydrogen-bond acceptors (Lipinski definition) is 6. The summed E-state index contributed by atoms with van der Waals surface area (Å²) in [4.78, 5) is 36.2. The number of nitrogens with two attached hydrogens (primary N) is 1. The lowest BCUT2D eigenvalue weighted by atomic mass is 9.76. The molecule has 0 unspecified atom stereocenters. The molecule has 1 aliphatic heterocycles. The van der Waals surface area contributed by atoms with Gasteiger partial charge in [-0.2, -0.15) is 0 Å². The smallest absolute Gasteiger partial charge is 0.253 e. The highest BCUT2D eigenvalue weighted by Gasteiger charge is 2.44. The summed E-state index contributed by atoms with van der Waals surface area (Å²) in [5.74, 6) is 0.00430. The molecule has 1 fully saturated rings. The average Bonchev–Trinajstić information content (AvgIpc) is 2.88. The number of methoxy groups -OCH3 is 1. The molecule has 1 atom stereocenters. The topological polar surface area (TPSA) is 110 Å². The van der Waals surface area contributed by atoms with Crippen LogP contribution in [0.3, 0.4) is 0 Å². The molecule has 170 valence electrons. The number of carbonyl (C=O) groups excluding carboxylic acids is 2. The molecule has 0 saturated carbocycles. The van der Waals surface area contributed by atoms with E-state index in [2.05, 4.69) is 15.3 Å². The summed E-state index contributed by atoms with van der Waals surface area (Å²) in [7, 11) is 1.59. The summed E-state index contributed by atoms with van der Waals surface area (Å²) >= 11 is 0. The number of nitrogens with zero attached hydrogens (tertiary/aromatic N) is 3. The molecule has 0 radical (unpaired) electrons. The molecule has 1 aliphatic rings. The van der Waals surface area contributed by atoms with Gasteiger partial charge in [-0.1, -0.05) is 12.1 Å². The molecule has 33 heavy (non-hydrogen) atoms. The first-order valence-electron chi connectivity index (χ1n) is 10.8. The van der Waals surface area contributed by atoms with E-state index >= 15 is 0 Å². The maximum Gasteiger partial charge on any atom is 0.253 e.